The van der Waals surface area contributed by atoms with Gasteiger partial charge in [-0.25, -0.2) is 9.48 Å². The number of amides is 1. The zero-order valence-electron chi connectivity index (χ0n) is 21.8. The average molecular weight is 501 g/mol. The molecule has 1 saturated carbocycles. The molecule has 0 saturated heterocycles. The van der Waals surface area contributed by atoms with Gasteiger partial charge >= 0.3 is 12.1 Å². The van der Waals surface area contributed by atoms with Crippen LogP contribution in [0.15, 0.2) is 24.3 Å². The molecule has 1 aliphatic carbocycles. The Morgan fingerprint density at radius 1 is 1.08 bits per heavy atom. The van der Waals surface area contributed by atoms with Crippen LogP contribution in [-0.4, -0.2) is 56.3 Å². The van der Waals surface area contributed by atoms with Gasteiger partial charge in [0.05, 0.1) is 12.0 Å². The standard InChI is InChI=1S/C27H40N4O5/c1-4-6-8-17-31(16-7-5-2)27(34)35-19-24-25(28-29-30(24)3)20-12-14-22(15-13-20)36-23-11-9-10-21(18-23)26(32)33/h12-15,21,23H,4-11,16-19H2,1-3H3,(H,32,33)/t21-,23-/m0/s1. The van der Waals surface area contributed by atoms with Crippen LogP contribution in [0, 0.1) is 5.92 Å². The fourth-order valence-corrected chi connectivity index (χ4v) is 4.54. The number of carbonyl (C=O) groups excluding carboxylic acids is 1. The van der Waals surface area contributed by atoms with Crippen LogP contribution in [0.4, 0.5) is 4.79 Å². The maximum Gasteiger partial charge on any atom is 0.410 e. The van der Waals surface area contributed by atoms with E-state index >= 15 is 0 Å². The molecule has 2 aromatic rings. The lowest BCUT2D eigenvalue weighted by molar-refractivity contribution is -0.143. The molecule has 3 rings (SSSR count). The first-order chi connectivity index (χ1) is 17.4. The van der Waals surface area contributed by atoms with Crippen LogP contribution in [0.1, 0.15) is 77.3 Å². The fourth-order valence-electron chi connectivity index (χ4n) is 4.54. The Bertz CT molecular complexity index is 975. The highest BCUT2D eigenvalue weighted by Crippen LogP contribution is 2.30. The van der Waals surface area contributed by atoms with Crippen LogP contribution in [0.25, 0.3) is 11.3 Å². The largest absolute Gasteiger partial charge is 0.490 e. The van der Waals surface area contributed by atoms with Crippen LogP contribution < -0.4 is 4.74 Å². The van der Waals surface area contributed by atoms with E-state index in [4.69, 9.17) is 9.47 Å². The molecule has 9 nitrogen and oxygen atoms in total. The summed E-state index contributed by atoms with van der Waals surface area (Å²) in [6.45, 7) is 5.76. The molecule has 0 bridgehead atoms. The van der Waals surface area contributed by atoms with Crippen molar-refractivity contribution in [3.8, 4) is 17.0 Å². The summed E-state index contributed by atoms with van der Waals surface area (Å²) in [5, 5.41) is 17.7. The second-order valence-corrected chi connectivity index (χ2v) is 9.58. The van der Waals surface area contributed by atoms with Crippen LogP contribution >= 0.6 is 0 Å². The van der Waals surface area contributed by atoms with Crippen molar-refractivity contribution in [2.24, 2.45) is 13.0 Å². The van der Waals surface area contributed by atoms with Gasteiger partial charge in [-0.15, -0.1) is 5.10 Å². The second kappa shape index (κ2) is 13.8. The summed E-state index contributed by atoms with van der Waals surface area (Å²) in [6, 6.07) is 7.54. The Morgan fingerprint density at radius 2 is 1.81 bits per heavy atom. The molecule has 0 radical (unpaired) electrons. The number of ether oxygens (including phenoxy) is 2. The van der Waals surface area contributed by atoms with Crippen molar-refractivity contribution in [2.75, 3.05) is 13.1 Å². The Kier molecular flexibility index (Phi) is 10.6. The molecule has 1 aliphatic rings. The van der Waals surface area contributed by atoms with Gasteiger partial charge in [-0.2, -0.15) is 0 Å². The molecule has 198 valence electrons. The summed E-state index contributed by atoms with van der Waals surface area (Å²) in [6.07, 6.45) is 7.70. The Labute approximate surface area is 213 Å². The molecular weight excluding hydrogens is 460 g/mol. The molecular formula is C27H40N4O5. The van der Waals surface area contributed by atoms with Gasteiger partial charge in [0.2, 0.25) is 0 Å². The van der Waals surface area contributed by atoms with Crippen LogP contribution in [0.5, 0.6) is 5.75 Å². The third-order valence-electron chi connectivity index (χ3n) is 6.75. The highest BCUT2D eigenvalue weighted by molar-refractivity contribution is 5.70. The number of hydrogen-bond acceptors (Lipinski definition) is 6. The molecule has 0 aliphatic heterocycles. The molecule has 1 amide bonds. The maximum atomic E-state index is 12.8. The monoisotopic (exact) mass is 500 g/mol. The van der Waals surface area contributed by atoms with Gasteiger partial charge in [0.1, 0.15) is 23.7 Å². The summed E-state index contributed by atoms with van der Waals surface area (Å²) < 4.78 is 13.4. The number of carboxylic acids is 1. The van der Waals surface area contributed by atoms with Crippen molar-refractivity contribution < 1.29 is 24.2 Å². The van der Waals surface area contributed by atoms with E-state index < -0.39 is 5.97 Å². The number of rotatable bonds is 13. The molecule has 1 N–H and O–H groups in total. The zero-order valence-corrected chi connectivity index (χ0v) is 21.8. The molecule has 1 fully saturated rings. The number of aryl methyl sites for hydroxylation is 1. The lowest BCUT2D eigenvalue weighted by Gasteiger charge is -2.27. The Hall–Kier alpha value is -3.10. The lowest BCUT2D eigenvalue weighted by Crippen LogP contribution is -2.33. The molecule has 0 unspecified atom stereocenters. The summed E-state index contributed by atoms with van der Waals surface area (Å²) in [7, 11) is 1.79. The van der Waals surface area contributed by atoms with Crippen molar-refractivity contribution in [1.29, 1.82) is 0 Å². The number of unbranched alkanes of at least 4 members (excludes halogenated alkanes) is 3. The highest BCUT2D eigenvalue weighted by atomic mass is 16.6. The third kappa shape index (κ3) is 7.70. The van der Waals surface area contributed by atoms with E-state index in [1.807, 2.05) is 24.3 Å². The van der Waals surface area contributed by atoms with Crippen LogP contribution in [-0.2, 0) is 23.2 Å². The summed E-state index contributed by atoms with van der Waals surface area (Å²) >= 11 is 0. The van der Waals surface area contributed by atoms with Gasteiger partial charge in [0, 0.05) is 25.7 Å². The molecule has 9 heteroatoms. The normalized spacial score (nSPS) is 17.5. The summed E-state index contributed by atoms with van der Waals surface area (Å²) in [5.74, 6) is -0.383. The number of aromatic nitrogens is 3. The molecule has 1 aromatic carbocycles. The average Bonchev–Trinajstić information content (AvgIpc) is 3.25. The number of carbonyl (C=O) groups is 2. The van der Waals surface area contributed by atoms with Crippen molar-refractivity contribution in [3.63, 3.8) is 0 Å². The number of benzene rings is 1. The number of carboxylic acid groups (broad SMARTS) is 1. The predicted molar refractivity (Wildman–Crippen MR) is 137 cm³/mol. The minimum Gasteiger partial charge on any atom is -0.490 e. The van der Waals surface area contributed by atoms with E-state index in [9.17, 15) is 14.7 Å². The molecule has 2 atom stereocenters. The van der Waals surface area contributed by atoms with E-state index in [1.165, 1.54) is 0 Å². The smallest absolute Gasteiger partial charge is 0.410 e. The lowest BCUT2D eigenvalue weighted by atomic mass is 9.87. The topological polar surface area (TPSA) is 107 Å². The van der Waals surface area contributed by atoms with E-state index in [2.05, 4.69) is 24.2 Å². The van der Waals surface area contributed by atoms with Crippen LogP contribution in [0.2, 0.25) is 0 Å². The van der Waals surface area contributed by atoms with Gasteiger partial charge in [0.25, 0.3) is 0 Å². The van der Waals surface area contributed by atoms with Gasteiger partial charge in [-0.05, 0) is 62.8 Å². The van der Waals surface area contributed by atoms with Gasteiger partial charge in [0.15, 0.2) is 0 Å². The Balaban J connectivity index is 1.62. The minimum atomic E-state index is -0.746. The molecule has 1 aromatic heterocycles. The number of nitrogens with zero attached hydrogens (tertiary/aromatic N) is 4. The van der Waals surface area contributed by atoms with Gasteiger partial charge in [-0.3, -0.25) is 4.79 Å². The van der Waals surface area contributed by atoms with Crippen molar-refractivity contribution in [2.45, 2.75) is 84.3 Å². The van der Waals surface area contributed by atoms with Crippen molar-refractivity contribution in [1.82, 2.24) is 19.9 Å². The molecule has 0 spiro atoms. The second-order valence-electron chi connectivity index (χ2n) is 9.58. The molecule has 1 heterocycles. The van der Waals surface area contributed by atoms with E-state index in [-0.39, 0.29) is 24.7 Å². The van der Waals surface area contributed by atoms with Crippen LogP contribution in [0.3, 0.4) is 0 Å². The predicted octanol–water partition coefficient (Wildman–Crippen LogP) is 5.43. The first-order valence-corrected chi connectivity index (χ1v) is 13.2. The number of hydrogen-bond donors (Lipinski definition) is 1. The quantitative estimate of drug-likeness (QED) is 0.365. The van der Waals surface area contributed by atoms with Crippen molar-refractivity contribution in [3.05, 3.63) is 30.0 Å². The SMILES string of the molecule is CCCCCN(CCCC)C(=O)OCc1c(-c2ccc(O[C@H]3CCC[C@H](C(=O)O)C3)cc2)nnn1C. The summed E-state index contributed by atoms with van der Waals surface area (Å²) in [5.41, 5.74) is 2.23. The fraction of sp³-hybridized carbons (Fsp3) is 0.630. The minimum absolute atomic E-state index is 0.0883. The Morgan fingerprint density at radius 3 is 2.50 bits per heavy atom. The first-order valence-electron chi connectivity index (χ1n) is 13.2. The number of aliphatic carboxylic acids is 1. The van der Waals surface area contributed by atoms with E-state index in [1.54, 1.807) is 16.6 Å². The van der Waals surface area contributed by atoms with Gasteiger partial charge in [-0.1, -0.05) is 38.3 Å². The van der Waals surface area contributed by atoms with E-state index in [0.717, 1.165) is 56.2 Å². The highest BCUT2D eigenvalue weighted by Gasteiger charge is 2.28. The maximum absolute atomic E-state index is 12.8. The first kappa shape index (κ1) is 27.5. The third-order valence-corrected chi connectivity index (χ3v) is 6.75. The van der Waals surface area contributed by atoms with E-state index in [0.29, 0.717) is 37.4 Å². The molecule has 36 heavy (non-hydrogen) atoms. The van der Waals surface area contributed by atoms with Crippen molar-refractivity contribution >= 4 is 12.1 Å². The van der Waals surface area contributed by atoms with Gasteiger partial charge < -0.3 is 19.5 Å². The zero-order chi connectivity index (χ0) is 25.9. The summed E-state index contributed by atoms with van der Waals surface area (Å²) in [4.78, 5) is 25.9.